The fourth-order valence-electron chi connectivity index (χ4n) is 2.02. The van der Waals surface area contributed by atoms with E-state index in [1.165, 1.54) is 25.7 Å². The maximum absolute atomic E-state index is 11.8. The van der Waals surface area contributed by atoms with Crippen LogP contribution in [0.1, 0.15) is 46.5 Å². The molecule has 0 heterocycles. The molecule has 15 heavy (non-hydrogen) atoms. The van der Waals surface area contributed by atoms with Crippen LogP contribution >= 0.6 is 15.9 Å². The summed E-state index contributed by atoms with van der Waals surface area (Å²) in [5.74, 6) is 0.162. The summed E-state index contributed by atoms with van der Waals surface area (Å²) in [5, 5.41) is 4.09. The van der Waals surface area contributed by atoms with Crippen molar-refractivity contribution in [3.63, 3.8) is 0 Å². The van der Waals surface area contributed by atoms with E-state index in [0.29, 0.717) is 5.41 Å². The summed E-state index contributed by atoms with van der Waals surface area (Å²) < 4.78 is 0. The van der Waals surface area contributed by atoms with Crippen molar-refractivity contribution in [1.82, 2.24) is 5.32 Å². The maximum Gasteiger partial charge on any atom is 0.225 e. The third-order valence-electron chi connectivity index (χ3n) is 3.25. The van der Waals surface area contributed by atoms with Crippen molar-refractivity contribution in [2.45, 2.75) is 46.5 Å². The molecular formula is C12H22BrNO. The molecular weight excluding hydrogens is 254 g/mol. The maximum atomic E-state index is 11.8. The zero-order valence-electron chi connectivity index (χ0n) is 10.0. The second kappa shape index (κ2) is 4.86. The monoisotopic (exact) mass is 275 g/mol. The molecule has 3 heteroatoms. The minimum absolute atomic E-state index is 0.162. The summed E-state index contributed by atoms with van der Waals surface area (Å²) in [5.41, 5.74) is 0.0486. The number of hydrogen-bond acceptors (Lipinski definition) is 1. The smallest absolute Gasteiger partial charge is 0.225 e. The first-order chi connectivity index (χ1) is 6.90. The van der Waals surface area contributed by atoms with Crippen LogP contribution < -0.4 is 5.32 Å². The van der Waals surface area contributed by atoms with Crippen molar-refractivity contribution >= 4 is 21.8 Å². The van der Waals surface area contributed by atoms with Crippen molar-refractivity contribution in [1.29, 1.82) is 0 Å². The molecule has 1 rings (SSSR count). The molecule has 0 aliphatic heterocycles. The van der Waals surface area contributed by atoms with Gasteiger partial charge in [-0.25, -0.2) is 0 Å². The largest absolute Gasteiger partial charge is 0.355 e. The molecule has 0 atom stereocenters. The second-order valence-corrected chi connectivity index (χ2v) is 6.33. The Morgan fingerprint density at radius 1 is 1.33 bits per heavy atom. The number of carbonyl (C=O) groups excluding carboxylic acids is 1. The molecule has 0 unspecified atom stereocenters. The van der Waals surface area contributed by atoms with Gasteiger partial charge in [0.05, 0.1) is 0 Å². The number of amides is 1. The van der Waals surface area contributed by atoms with Gasteiger partial charge < -0.3 is 5.32 Å². The van der Waals surface area contributed by atoms with E-state index in [0.717, 1.165) is 11.9 Å². The first kappa shape index (κ1) is 13.0. The van der Waals surface area contributed by atoms with Gasteiger partial charge in [-0.05, 0) is 18.3 Å². The van der Waals surface area contributed by atoms with Crippen LogP contribution in [0.25, 0.3) is 0 Å². The van der Waals surface area contributed by atoms with Crippen LogP contribution in [-0.2, 0) is 4.79 Å². The minimum atomic E-state index is -0.272. The number of halogens is 1. The number of carbonyl (C=O) groups is 1. The van der Waals surface area contributed by atoms with Gasteiger partial charge >= 0.3 is 0 Å². The van der Waals surface area contributed by atoms with Crippen molar-refractivity contribution in [2.75, 3.05) is 11.9 Å². The Kier molecular flexibility index (Phi) is 4.21. The van der Waals surface area contributed by atoms with Gasteiger partial charge in [-0.2, -0.15) is 0 Å². The lowest BCUT2D eigenvalue weighted by atomic mass is 9.88. The second-order valence-electron chi connectivity index (χ2n) is 5.77. The lowest BCUT2D eigenvalue weighted by Crippen LogP contribution is -2.42. The van der Waals surface area contributed by atoms with E-state index in [4.69, 9.17) is 0 Å². The average Bonchev–Trinajstić information content (AvgIpc) is 2.62. The highest BCUT2D eigenvalue weighted by molar-refractivity contribution is 9.09. The molecule has 0 aromatic rings. The van der Waals surface area contributed by atoms with Gasteiger partial charge in [-0.3, -0.25) is 4.79 Å². The fourth-order valence-corrected chi connectivity index (χ4v) is 2.77. The third-order valence-corrected chi connectivity index (χ3v) is 4.44. The lowest BCUT2D eigenvalue weighted by molar-refractivity contribution is -0.128. The highest BCUT2D eigenvalue weighted by Crippen LogP contribution is 2.39. The molecule has 1 fully saturated rings. The molecule has 1 saturated carbocycles. The zero-order chi connectivity index (χ0) is 11.5. The fraction of sp³-hybridized carbons (Fsp3) is 0.917. The number of rotatable bonds is 3. The van der Waals surface area contributed by atoms with E-state index in [9.17, 15) is 4.79 Å². The zero-order valence-corrected chi connectivity index (χ0v) is 11.6. The van der Waals surface area contributed by atoms with Gasteiger partial charge in [0.1, 0.15) is 0 Å². The van der Waals surface area contributed by atoms with Crippen molar-refractivity contribution in [3.8, 4) is 0 Å². The Morgan fingerprint density at radius 3 is 2.27 bits per heavy atom. The summed E-state index contributed by atoms with van der Waals surface area (Å²) >= 11 is 3.58. The van der Waals surface area contributed by atoms with Gasteiger partial charge in [-0.15, -0.1) is 0 Å². The molecule has 0 bridgehead atoms. The summed E-state index contributed by atoms with van der Waals surface area (Å²) in [7, 11) is 0. The standard InChI is InChI=1S/C12H22BrNO/c1-11(2,3)10(15)14-9-12(8-13)6-4-5-7-12/h4-9H2,1-3H3,(H,14,15). The molecule has 0 aromatic heterocycles. The van der Waals surface area contributed by atoms with Crippen LogP contribution in [-0.4, -0.2) is 17.8 Å². The van der Waals surface area contributed by atoms with Crippen LogP contribution in [0, 0.1) is 10.8 Å². The Balaban J connectivity index is 2.45. The minimum Gasteiger partial charge on any atom is -0.355 e. The van der Waals surface area contributed by atoms with E-state index >= 15 is 0 Å². The molecule has 0 spiro atoms. The first-order valence-electron chi connectivity index (χ1n) is 5.74. The van der Waals surface area contributed by atoms with Crippen molar-refractivity contribution in [3.05, 3.63) is 0 Å². The Labute approximate surface area is 101 Å². The van der Waals surface area contributed by atoms with Crippen LogP contribution in [0.5, 0.6) is 0 Å². The predicted molar refractivity (Wildman–Crippen MR) is 67.2 cm³/mol. The summed E-state index contributed by atoms with van der Waals surface area (Å²) in [6, 6.07) is 0. The Morgan fingerprint density at radius 2 is 1.87 bits per heavy atom. The van der Waals surface area contributed by atoms with E-state index < -0.39 is 0 Å². The summed E-state index contributed by atoms with van der Waals surface area (Å²) in [4.78, 5) is 11.8. The third kappa shape index (κ3) is 3.47. The van der Waals surface area contributed by atoms with Gasteiger partial charge in [0.25, 0.3) is 0 Å². The van der Waals surface area contributed by atoms with Crippen LogP contribution in [0.3, 0.4) is 0 Å². The SMILES string of the molecule is CC(C)(C)C(=O)NCC1(CBr)CCCC1. The molecule has 1 aliphatic rings. The van der Waals surface area contributed by atoms with E-state index in [2.05, 4.69) is 21.2 Å². The quantitative estimate of drug-likeness (QED) is 0.788. The molecule has 0 radical (unpaired) electrons. The summed E-state index contributed by atoms with van der Waals surface area (Å²) in [6.45, 7) is 6.70. The highest BCUT2D eigenvalue weighted by Gasteiger charge is 2.34. The molecule has 88 valence electrons. The van der Waals surface area contributed by atoms with E-state index in [-0.39, 0.29) is 11.3 Å². The molecule has 0 saturated heterocycles. The van der Waals surface area contributed by atoms with Crippen LogP contribution in [0.15, 0.2) is 0 Å². The van der Waals surface area contributed by atoms with Gasteiger partial charge in [0.2, 0.25) is 5.91 Å². The molecule has 1 aliphatic carbocycles. The Hall–Kier alpha value is -0.0500. The lowest BCUT2D eigenvalue weighted by Gasteiger charge is -2.28. The van der Waals surface area contributed by atoms with Crippen molar-refractivity contribution < 1.29 is 4.79 Å². The highest BCUT2D eigenvalue weighted by atomic mass is 79.9. The first-order valence-corrected chi connectivity index (χ1v) is 6.86. The number of hydrogen-bond donors (Lipinski definition) is 1. The normalized spacial score (nSPS) is 20.3. The number of nitrogens with one attached hydrogen (secondary N) is 1. The number of alkyl halides is 1. The van der Waals surface area contributed by atoms with Crippen molar-refractivity contribution in [2.24, 2.45) is 10.8 Å². The van der Waals surface area contributed by atoms with Gasteiger partial charge in [-0.1, -0.05) is 49.5 Å². The molecule has 1 N–H and O–H groups in total. The van der Waals surface area contributed by atoms with Crippen LogP contribution in [0.2, 0.25) is 0 Å². The van der Waals surface area contributed by atoms with Crippen LogP contribution in [0.4, 0.5) is 0 Å². The van der Waals surface area contributed by atoms with Gasteiger partial charge in [0, 0.05) is 17.3 Å². The molecule has 2 nitrogen and oxygen atoms in total. The molecule has 0 aromatic carbocycles. The van der Waals surface area contributed by atoms with Gasteiger partial charge in [0.15, 0.2) is 0 Å². The average molecular weight is 276 g/mol. The Bertz CT molecular complexity index is 226. The topological polar surface area (TPSA) is 29.1 Å². The predicted octanol–water partition coefficient (Wildman–Crippen LogP) is 3.10. The van der Waals surface area contributed by atoms with E-state index in [1.807, 2.05) is 20.8 Å². The molecule has 1 amide bonds. The van der Waals surface area contributed by atoms with E-state index in [1.54, 1.807) is 0 Å². The summed E-state index contributed by atoms with van der Waals surface area (Å²) in [6.07, 6.45) is 5.08.